The van der Waals surface area contributed by atoms with Crippen LogP contribution in [0.4, 0.5) is 0 Å². The highest BCUT2D eigenvalue weighted by Gasteiger charge is 2.17. The molecule has 4 aromatic rings. The van der Waals surface area contributed by atoms with Crippen LogP contribution >= 0.6 is 0 Å². The molecule has 0 saturated carbocycles. The van der Waals surface area contributed by atoms with Gasteiger partial charge in [-0.2, -0.15) is 0 Å². The first-order chi connectivity index (χ1) is 20.6. The Kier molecular flexibility index (Phi) is 11.9. The fourth-order valence-electron chi connectivity index (χ4n) is 4.84. The molecule has 0 aliphatic heterocycles. The lowest BCUT2D eigenvalue weighted by molar-refractivity contribution is 0.116. The maximum atomic E-state index is 13.0. The van der Waals surface area contributed by atoms with Gasteiger partial charge in [-0.1, -0.05) is 80.7 Å². The van der Waals surface area contributed by atoms with Crippen LogP contribution in [0.25, 0.3) is 22.3 Å². The molecule has 4 rings (SSSR count). The van der Waals surface area contributed by atoms with Crippen molar-refractivity contribution in [2.75, 3.05) is 20.8 Å². The number of aromatic hydroxyl groups is 1. The van der Waals surface area contributed by atoms with E-state index in [1.54, 1.807) is 37.4 Å². The molecule has 3 aromatic carbocycles. The van der Waals surface area contributed by atoms with Gasteiger partial charge in [-0.25, -0.2) is 0 Å². The van der Waals surface area contributed by atoms with E-state index in [4.69, 9.17) is 18.6 Å². The van der Waals surface area contributed by atoms with Crippen molar-refractivity contribution >= 4 is 11.0 Å². The average Bonchev–Trinajstić information content (AvgIpc) is 3.03. The normalized spacial score (nSPS) is 10.8. The van der Waals surface area contributed by atoms with Crippen LogP contribution in [0, 0.1) is 11.8 Å². The zero-order valence-corrected chi connectivity index (χ0v) is 24.6. The van der Waals surface area contributed by atoms with Gasteiger partial charge < -0.3 is 23.7 Å². The van der Waals surface area contributed by atoms with Gasteiger partial charge in [0, 0.05) is 24.2 Å². The van der Waals surface area contributed by atoms with Gasteiger partial charge in [-0.15, -0.1) is 0 Å². The molecule has 1 aromatic heterocycles. The minimum atomic E-state index is -0.496. The Morgan fingerprint density at radius 1 is 0.786 bits per heavy atom. The van der Waals surface area contributed by atoms with E-state index in [0.29, 0.717) is 34.6 Å². The Morgan fingerprint density at radius 2 is 1.50 bits per heavy atom. The Bertz CT molecular complexity index is 1540. The third-order valence-corrected chi connectivity index (χ3v) is 7.20. The average molecular weight is 569 g/mol. The fourth-order valence-corrected chi connectivity index (χ4v) is 4.84. The number of unbranched alkanes of at least 4 members (excludes halogenated alkanes) is 8. The van der Waals surface area contributed by atoms with Crippen LogP contribution in [-0.2, 0) is 11.3 Å². The summed E-state index contributed by atoms with van der Waals surface area (Å²) in [6, 6.07) is 20.6. The molecule has 42 heavy (non-hydrogen) atoms. The summed E-state index contributed by atoms with van der Waals surface area (Å²) in [6.45, 7) is 1.53. The maximum Gasteiger partial charge on any atom is 0.235 e. The molecule has 0 fully saturated rings. The van der Waals surface area contributed by atoms with Crippen LogP contribution < -0.4 is 14.9 Å². The van der Waals surface area contributed by atoms with Crippen molar-refractivity contribution in [1.82, 2.24) is 0 Å². The van der Waals surface area contributed by atoms with Gasteiger partial charge in [-0.05, 0) is 54.8 Å². The van der Waals surface area contributed by atoms with E-state index in [1.165, 1.54) is 51.2 Å². The minimum absolute atomic E-state index is 0.0835. The standard InChI is InChI=1S/C36H40O6/c1-39-32-22-20-29(25-33(32)40-2)36-35(38)34(37)30-24-27(19-21-31(30)42-36)16-12-9-7-5-3-4-6-8-10-15-23-41-26-28-17-13-11-14-18-28/h11,13-14,17-22,24-25,38H,3-10,15,23,26H2,1-2H3. The quantitative estimate of drug-likeness (QED) is 0.115. The molecule has 0 amide bonds. The lowest BCUT2D eigenvalue weighted by Crippen LogP contribution is -2.03. The lowest BCUT2D eigenvalue weighted by Gasteiger charge is -2.10. The zero-order chi connectivity index (χ0) is 29.6. The van der Waals surface area contributed by atoms with E-state index in [1.807, 2.05) is 24.3 Å². The predicted molar refractivity (Wildman–Crippen MR) is 167 cm³/mol. The van der Waals surface area contributed by atoms with Crippen molar-refractivity contribution in [1.29, 1.82) is 0 Å². The molecule has 6 nitrogen and oxygen atoms in total. The summed E-state index contributed by atoms with van der Waals surface area (Å²) in [4.78, 5) is 13.0. The largest absolute Gasteiger partial charge is 0.502 e. The highest BCUT2D eigenvalue weighted by molar-refractivity contribution is 5.83. The summed E-state index contributed by atoms with van der Waals surface area (Å²) in [5.74, 6) is 7.02. The van der Waals surface area contributed by atoms with E-state index in [-0.39, 0.29) is 5.76 Å². The van der Waals surface area contributed by atoms with Crippen LogP contribution in [-0.4, -0.2) is 25.9 Å². The van der Waals surface area contributed by atoms with Crippen molar-refractivity contribution in [3.05, 3.63) is 88.1 Å². The molecule has 1 heterocycles. The van der Waals surface area contributed by atoms with Gasteiger partial charge in [0.2, 0.25) is 11.2 Å². The van der Waals surface area contributed by atoms with Gasteiger partial charge in [0.25, 0.3) is 0 Å². The van der Waals surface area contributed by atoms with Crippen LogP contribution in [0.5, 0.6) is 17.2 Å². The summed E-state index contributed by atoms with van der Waals surface area (Å²) in [6.07, 6.45) is 10.4. The summed E-state index contributed by atoms with van der Waals surface area (Å²) in [5.41, 5.74) is 2.35. The summed E-state index contributed by atoms with van der Waals surface area (Å²) in [5, 5.41) is 10.9. The van der Waals surface area contributed by atoms with Crippen molar-refractivity contribution in [3.8, 4) is 40.4 Å². The smallest absolute Gasteiger partial charge is 0.235 e. The van der Waals surface area contributed by atoms with Crippen molar-refractivity contribution < 1.29 is 23.7 Å². The van der Waals surface area contributed by atoms with E-state index in [0.717, 1.165) is 31.4 Å². The molecule has 220 valence electrons. The van der Waals surface area contributed by atoms with Gasteiger partial charge in [0.05, 0.1) is 26.2 Å². The first kappa shape index (κ1) is 30.7. The maximum absolute atomic E-state index is 13.0. The second-order valence-electron chi connectivity index (χ2n) is 10.3. The number of hydrogen-bond donors (Lipinski definition) is 1. The monoisotopic (exact) mass is 568 g/mol. The molecular formula is C36H40O6. The lowest BCUT2D eigenvalue weighted by atomic mass is 10.1. The molecule has 0 aliphatic rings. The van der Waals surface area contributed by atoms with Gasteiger partial charge >= 0.3 is 0 Å². The molecule has 0 unspecified atom stereocenters. The second kappa shape index (κ2) is 16.3. The van der Waals surface area contributed by atoms with Crippen LogP contribution in [0.2, 0.25) is 0 Å². The molecular weight excluding hydrogens is 528 g/mol. The highest BCUT2D eigenvalue weighted by Crippen LogP contribution is 2.36. The number of ether oxygens (including phenoxy) is 3. The number of benzene rings is 3. The zero-order valence-electron chi connectivity index (χ0n) is 24.6. The van der Waals surface area contributed by atoms with Gasteiger partial charge in [0.1, 0.15) is 5.58 Å². The molecule has 0 aliphatic carbocycles. The molecule has 1 N–H and O–H groups in total. The third-order valence-electron chi connectivity index (χ3n) is 7.20. The Labute approximate surface area is 248 Å². The minimum Gasteiger partial charge on any atom is -0.502 e. The fraction of sp³-hybridized carbons (Fsp3) is 0.361. The van der Waals surface area contributed by atoms with Gasteiger partial charge in [0.15, 0.2) is 17.3 Å². The van der Waals surface area contributed by atoms with E-state index in [9.17, 15) is 9.90 Å². The summed E-state index contributed by atoms with van der Waals surface area (Å²) in [7, 11) is 3.07. The first-order valence-electron chi connectivity index (χ1n) is 14.7. The Morgan fingerprint density at radius 3 is 2.24 bits per heavy atom. The van der Waals surface area contributed by atoms with E-state index >= 15 is 0 Å². The summed E-state index contributed by atoms with van der Waals surface area (Å²) < 4.78 is 22.3. The highest BCUT2D eigenvalue weighted by atomic mass is 16.5. The summed E-state index contributed by atoms with van der Waals surface area (Å²) >= 11 is 0. The molecule has 0 atom stereocenters. The predicted octanol–water partition coefficient (Wildman–Crippen LogP) is 8.26. The molecule has 0 bridgehead atoms. The van der Waals surface area contributed by atoms with Crippen molar-refractivity contribution in [2.45, 2.75) is 64.4 Å². The Balaban J connectivity index is 1.17. The molecule has 6 heteroatoms. The Hall–Kier alpha value is -4.21. The van der Waals surface area contributed by atoms with Crippen LogP contribution in [0.3, 0.4) is 0 Å². The van der Waals surface area contributed by atoms with Crippen molar-refractivity contribution in [3.63, 3.8) is 0 Å². The van der Waals surface area contributed by atoms with Gasteiger partial charge in [-0.3, -0.25) is 4.79 Å². The number of hydrogen-bond acceptors (Lipinski definition) is 6. The van der Waals surface area contributed by atoms with E-state index in [2.05, 4.69) is 24.0 Å². The number of fused-ring (bicyclic) bond motifs is 1. The topological polar surface area (TPSA) is 78.1 Å². The molecule has 0 saturated heterocycles. The SMILES string of the molecule is COc1ccc(-c2oc3ccc(C#CCCCCCCCCCCOCc4ccccc4)cc3c(=O)c2O)cc1OC. The second-order valence-corrected chi connectivity index (χ2v) is 10.3. The van der Waals surface area contributed by atoms with Crippen molar-refractivity contribution in [2.24, 2.45) is 0 Å². The molecule has 0 radical (unpaired) electrons. The third kappa shape index (κ3) is 8.64. The van der Waals surface area contributed by atoms with Crippen LogP contribution in [0.1, 0.15) is 68.9 Å². The molecule has 0 spiro atoms. The van der Waals surface area contributed by atoms with E-state index < -0.39 is 11.2 Å². The van der Waals surface area contributed by atoms with Crippen LogP contribution in [0.15, 0.2) is 75.9 Å². The number of rotatable bonds is 15. The first-order valence-corrected chi connectivity index (χ1v) is 14.7. The number of methoxy groups -OCH3 is 2.